The van der Waals surface area contributed by atoms with E-state index >= 15 is 0 Å². The summed E-state index contributed by atoms with van der Waals surface area (Å²) >= 11 is 0. The molecule has 1 unspecified atom stereocenters. The smallest absolute Gasteiger partial charge is 0.418 e. The Balaban J connectivity index is 1.63. The molecule has 1 atom stereocenters. The number of hydrogen-bond acceptors (Lipinski definition) is 4. The van der Waals surface area contributed by atoms with Gasteiger partial charge in [-0.2, -0.15) is 13.2 Å². The lowest BCUT2D eigenvalue weighted by Gasteiger charge is -2.35. The number of halogens is 4. The van der Waals surface area contributed by atoms with Gasteiger partial charge in [0, 0.05) is 34.3 Å². The van der Waals surface area contributed by atoms with Gasteiger partial charge < -0.3 is 15.2 Å². The highest BCUT2D eigenvalue weighted by atomic mass is 19.4. The van der Waals surface area contributed by atoms with Gasteiger partial charge in [0.15, 0.2) is 5.60 Å². The molecule has 4 nitrogen and oxygen atoms in total. The number of benzene rings is 2. The van der Waals surface area contributed by atoms with Crippen LogP contribution >= 0.6 is 0 Å². The third kappa shape index (κ3) is 4.04. The Bertz CT molecular complexity index is 1090. The number of alkyl halides is 3. The topological polar surface area (TPSA) is 54.4 Å². The van der Waals surface area contributed by atoms with E-state index in [0.29, 0.717) is 35.0 Å². The van der Waals surface area contributed by atoms with E-state index in [1.54, 1.807) is 36.5 Å². The van der Waals surface area contributed by atoms with Crippen molar-refractivity contribution >= 4 is 16.6 Å². The van der Waals surface area contributed by atoms with Gasteiger partial charge >= 0.3 is 6.18 Å². The number of rotatable bonds is 7. The van der Waals surface area contributed by atoms with Crippen LogP contribution < -0.4 is 10.1 Å². The van der Waals surface area contributed by atoms with Crippen LogP contribution in [0.4, 0.5) is 23.2 Å². The van der Waals surface area contributed by atoms with Crippen molar-refractivity contribution in [3.63, 3.8) is 0 Å². The predicted octanol–water partition coefficient (Wildman–Crippen LogP) is 5.21. The van der Waals surface area contributed by atoms with Crippen LogP contribution in [0.5, 0.6) is 5.75 Å². The van der Waals surface area contributed by atoms with Crippen LogP contribution in [0, 0.1) is 5.82 Å². The minimum Gasteiger partial charge on any atom is -0.496 e. The fraction of sp³-hybridized carbons (Fsp3) is 0.348. The monoisotopic (exact) mass is 434 g/mol. The number of fused-ring (bicyclic) bond motifs is 1. The molecular formula is C23H22F4N2O2. The lowest BCUT2D eigenvalue weighted by molar-refractivity contribution is -0.259. The average Bonchev–Trinajstić information content (AvgIpc) is 3.51. The number of nitrogens with one attached hydrogen (secondary N) is 1. The Morgan fingerprint density at radius 1 is 1.13 bits per heavy atom. The van der Waals surface area contributed by atoms with Gasteiger partial charge in [-0.3, -0.25) is 4.98 Å². The van der Waals surface area contributed by atoms with Crippen LogP contribution in [0.2, 0.25) is 0 Å². The summed E-state index contributed by atoms with van der Waals surface area (Å²) in [5, 5.41) is 14.3. The molecule has 164 valence electrons. The Kier molecular flexibility index (Phi) is 5.29. The van der Waals surface area contributed by atoms with Crippen LogP contribution in [0.15, 0.2) is 54.7 Å². The first kappa shape index (κ1) is 21.4. The number of aromatic nitrogens is 1. The van der Waals surface area contributed by atoms with Gasteiger partial charge in [0.2, 0.25) is 0 Å². The van der Waals surface area contributed by atoms with E-state index in [0.717, 1.165) is 6.07 Å². The number of ether oxygens (including phenoxy) is 1. The highest BCUT2D eigenvalue weighted by Crippen LogP contribution is 2.57. The molecule has 1 saturated carbocycles. The molecule has 8 heteroatoms. The van der Waals surface area contributed by atoms with Gasteiger partial charge in [0.1, 0.15) is 11.6 Å². The molecule has 2 N–H and O–H groups in total. The standard InChI is InChI=1S/C23H22F4N2O2/c1-31-20-12-15(24)7-8-17(20)21(9-10-21)13-22(30,23(25,26)27)14-29-19-6-2-5-18-16(19)4-3-11-28-18/h2-8,11-12,29-30H,9-10,13-14H2,1H3. The van der Waals surface area contributed by atoms with Gasteiger partial charge in [-0.25, -0.2) is 4.39 Å². The maximum atomic E-state index is 14.0. The Hall–Kier alpha value is -2.87. The van der Waals surface area contributed by atoms with Crippen molar-refractivity contribution in [2.45, 2.75) is 36.5 Å². The van der Waals surface area contributed by atoms with Crippen molar-refractivity contribution in [2.24, 2.45) is 0 Å². The number of pyridine rings is 1. The molecule has 1 fully saturated rings. The summed E-state index contributed by atoms with van der Waals surface area (Å²) in [6, 6.07) is 12.4. The van der Waals surface area contributed by atoms with Gasteiger partial charge in [-0.1, -0.05) is 12.1 Å². The number of anilines is 1. The molecule has 1 aliphatic carbocycles. The second-order valence-electron chi connectivity index (χ2n) is 8.06. The van der Waals surface area contributed by atoms with Crippen LogP contribution in [-0.2, 0) is 5.41 Å². The lowest BCUT2D eigenvalue weighted by Crippen LogP contribution is -2.52. The van der Waals surface area contributed by atoms with Crippen molar-refractivity contribution in [2.75, 3.05) is 19.0 Å². The Morgan fingerprint density at radius 3 is 2.58 bits per heavy atom. The van der Waals surface area contributed by atoms with Gasteiger partial charge in [0.25, 0.3) is 0 Å². The normalized spacial score (nSPS) is 17.2. The highest BCUT2D eigenvalue weighted by Gasteiger charge is 2.61. The quantitative estimate of drug-likeness (QED) is 0.502. The minimum absolute atomic E-state index is 0.190. The minimum atomic E-state index is -4.87. The summed E-state index contributed by atoms with van der Waals surface area (Å²) in [4.78, 5) is 4.20. The van der Waals surface area contributed by atoms with Crippen molar-refractivity contribution in [3.05, 3.63) is 66.1 Å². The first-order valence-corrected chi connectivity index (χ1v) is 9.88. The van der Waals surface area contributed by atoms with Crippen molar-refractivity contribution < 1.29 is 27.4 Å². The van der Waals surface area contributed by atoms with Crippen LogP contribution in [0.1, 0.15) is 24.8 Å². The molecule has 0 amide bonds. The molecule has 0 bridgehead atoms. The summed E-state index contributed by atoms with van der Waals surface area (Å²) in [6.07, 6.45) is -2.92. The van der Waals surface area contributed by atoms with Crippen LogP contribution in [-0.4, -0.2) is 35.5 Å². The van der Waals surface area contributed by atoms with E-state index < -0.39 is 36.0 Å². The van der Waals surface area contributed by atoms with Crippen molar-refractivity contribution in [3.8, 4) is 5.75 Å². The molecule has 4 rings (SSSR count). The number of methoxy groups -OCH3 is 1. The maximum Gasteiger partial charge on any atom is 0.418 e. The van der Waals surface area contributed by atoms with E-state index in [1.807, 2.05) is 0 Å². The molecular weight excluding hydrogens is 412 g/mol. The Labute approximate surface area is 176 Å². The van der Waals surface area contributed by atoms with Gasteiger partial charge in [-0.15, -0.1) is 0 Å². The fourth-order valence-electron chi connectivity index (χ4n) is 4.12. The largest absolute Gasteiger partial charge is 0.496 e. The fourth-order valence-corrected chi connectivity index (χ4v) is 4.12. The molecule has 1 aromatic heterocycles. The molecule has 31 heavy (non-hydrogen) atoms. The van der Waals surface area contributed by atoms with Crippen LogP contribution in [0.25, 0.3) is 10.9 Å². The third-order valence-electron chi connectivity index (χ3n) is 5.96. The molecule has 0 aliphatic heterocycles. The van der Waals surface area contributed by atoms with Crippen LogP contribution in [0.3, 0.4) is 0 Å². The third-order valence-corrected chi connectivity index (χ3v) is 5.96. The lowest BCUT2D eigenvalue weighted by atomic mass is 9.82. The maximum absolute atomic E-state index is 14.0. The molecule has 0 spiro atoms. The van der Waals surface area contributed by atoms with E-state index in [-0.39, 0.29) is 5.75 Å². The zero-order valence-electron chi connectivity index (χ0n) is 16.8. The molecule has 0 saturated heterocycles. The van der Waals surface area contributed by atoms with E-state index in [9.17, 15) is 22.7 Å². The molecule has 1 aliphatic rings. The first-order valence-electron chi connectivity index (χ1n) is 9.88. The van der Waals surface area contributed by atoms with Crippen molar-refractivity contribution in [1.82, 2.24) is 4.98 Å². The molecule has 3 aromatic rings. The van der Waals surface area contributed by atoms with E-state index in [2.05, 4.69) is 10.3 Å². The Morgan fingerprint density at radius 2 is 1.90 bits per heavy atom. The van der Waals surface area contributed by atoms with Gasteiger partial charge in [0.05, 0.1) is 19.2 Å². The average molecular weight is 434 g/mol. The molecule has 2 aromatic carbocycles. The van der Waals surface area contributed by atoms with E-state index in [4.69, 9.17) is 4.74 Å². The second kappa shape index (κ2) is 7.67. The number of aliphatic hydroxyl groups is 1. The number of nitrogens with zero attached hydrogens (tertiary/aromatic N) is 1. The summed E-state index contributed by atoms with van der Waals surface area (Å²) in [5.74, 6) is -0.344. The van der Waals surface area contributed by atoms with Crippen molar-refractivity contribution in [1.29, 1.82) is 0 Å². The molecule has 1 heterocycles. The SMILES string of the molecule is COc1cc(F)ccc1C1(CC(O)(CNc2cccc3ncccc23)C(F)(F)F)CC1. The summed E-state index contributed by atoms with van der Waals surface area (Å²) in [6.45, 7) is -0.726. The predicted molar refractivity (Wildman–Crippen MR) is 110 cm³/mol. The molecule has 0 radical (unpaired) electrons. The summed E-state index contributed by atoms with van der Waals surface area (Å²) in [7, 11) is 1.35. The first-order chi connectivity index (χ1) is 14.7. The number of hydrogen-bond donors (Lipinski definition) is 2. The zero-order valence-corrected chi connectivity index (χ0v) is 16.8. The summed E-state index contributed by atoms with van der Waals surface area (Å²) in [5.41, 5.74) is -2.35. The zero-order chi connectivity index (χ0) is 22.3. The second-order valence-corrected chi connectivity index (χ2v) is 8.06. The summed E-state index contributed by atoms with van der Waals surface area (Å²) < 4.78 is 60.9. The van der Waals surface area contributed by atoms with E-state index in [1.165, 1.54) is 19.2 Å². The van der Waals surface area contributed by atoms with Gasteiger partial charge in [-0.05, 0) is 49.6 Å². The highest BCUT2D eigenvalue weighted by molar-refractivity contribution is 5.91.